The van der Waals surface area contributed by atoms with Gasteiger partial charge in [0.2, 0.25) is 5.91 Å². The van der Waals surface area contributed by atoms with Crippen molar-refractivity contribution in [2.24, 2.45) is 0 Å². The van der Waals surface area contributed by atoms with Crippen molar-refractivity contribution in [3.63, 3.8) is 0 Å². The van der Waals surface area contributed by atoms with Gasteiger partial charge in [-0.1, -0.05) is 60.7 Å². The summed E-state index contributed by atoms with van der Waals surface area (Å²) in [5, 5.41) is 5.10. The largest absolute Gasteiger partial charge is 0.466 e. The lowest BCUT2D eigenvalue weighted by Gasteiger charge is -2.07. The third-order valence-electron chi connectivity index (χ3n) is 4.53. The van der Waals surface area contributed by atoms with Gasteiger partial charge in [0.05, 0.1) is 6.61 Å². The highest BCUT2D eigenvalue weighted by Crippen LogP contribution is 2.19. The predicted octanol–water partition coefficient (Wildman–Crippen LogP) is 5.12. The van der Waals surface area contributed by atoms with Gasteiger partial charge in [0, 0.05) is 18.5 Å². The maximum absolute atomic E-state index is 12.1. The van der Waals surface area contributed by atoms with Crippen LogP contribution in [0.15, 0.2) is 72.8 Å². The van der Waals surface area contributed by atoms with Crippen LogP contribution >= 0.6 is 0 Å². The number of nitrogens with one attached hydrogen (secondary N) is 1. The molecule has 4 nitrogen and oxygen atoms in total. The third kappa shape index (κ3) is 6.23. The number of esters is 1. The van der Waals surface area contributed by atoms with Gasteiger partial charge in [-0.3, -0.25) is 9.59 Å². The van der Waals surface area contributed by atoms with Crippen LogP contribution in [0.2, 0.25) is 0 Å². The summed E-state index contributed by atoms with van der Waals surface area (Å²) in [5.74, 6) is -0.335. The van der Waals surface area contributed by atoms with Crippen LogP contribution < -0.4 is 5.32 Å². The Hall–Kier alpha value is -3.14. The first-order chi connectivity index (χ1) is 13.7. The number of ether oxygens (including phenoxy) is 1. The summed E-state index contributed by atoms with van der Waals surface area (Å²) in [4.78, 5) is 23.9. The highest BCUT2D eigenvalue weighted by Gasteiger charge is 2.07. The quantitative estimate of drug-likeness (QED) is 0.417. The fourth-order valence-electron chi connectivity index (χ4n) is 3.06. The summed E-state index contributed by atoms with van der Waals surface area (Å²) in [5.41, 5.74) is 2.01. The summed E-state index contributed by atoms with van der Waals surface area (Å²) in [6, 6.07) is 24.0. The first-order valence-electron chi connectivity index (χ1n) is 9.69. The molecule has 144 valence electrons. The van der Waals surface area contributed by atoms with Gasteiger partial charge in [0.25, 0.3) is 0 Å². The van der Waals surface area contributed by atoms with E-state index in [0.717, 1.165) is 29.3 Å². The Bertz CT molecular complexity index is 921. The van der Waals surface area contributed by atoms with E-state index in [1.165, 1.54) is 5.56 Å². The first kappa shape index (κ1) is 19.6. The van der Waals surface area contributed by atoms with Crippen LogP contribution in [0, 0.1) is 0 Å². The minimum absolute atomic E-state index is 0.0906. The van der Waals surface area contributed by atoms with Gasteiger partial charge in [-0.25, -0.2) is 0 Å². The van der Waals surface area contributed by atoms with Gasteiger partial charge in [0.1, 0.15) is 0 Å². The number of carbonyl (C=O) groups excluding carboxylic acids is 2. The fourth-order valence-corrected chi connectivity index (χ4v) is 3.06. The zero-order valence-electron chi connectivity index (χ0n) is 15.9. The lowest BCUT2D eigenvalue weighted by Crippen LogP contribution is -2.13. The highest BCUT2D eigenvalue weighted by molar-refractivity contribution is 5.94. The van der Waals surface area contributed by atoms with Gasteiger partial charge >= 0.3 is 5.97 Å². The molecule has 0 aliphatic carbocycles. The number of aryl methyl sites for hydroxylation is 1. The first-order valence-corrected chi connectivity index (χ1v) is 9.69. The van der Waals surface area contributed by atoms with Crippen molar-refractivity contribution in [3.05, 3.63) is 78.4 Å². The molecule has 0 spiro atoms. The molecule has 4 heteroatoms. The molecule has 0 fully saturated rings. The molecule has 0 aromatic heterocycles. The van der Waals surface area contributed by atoms with Gasteiger partial charge in [-0.2, -0.15) is 0 Å². The number of carbonyl (C=O) groups is 2. The standard InChI is InChI=1S/C24H25NO3/c26-23(25-22-16-15-20-11-4-5-12-21(20)18-22)13-6-14-24(27)28-17-7-10-19-8-2-1-3-9-19/h1-5,8-9,11-12,15-16,18H,6-7,10,13-14,17H2,(H,25,26). The zero-order chi connectivity index (χ0) is 19.6. The molecule has 3 aromatic rings. The van der Waals surface area contributed by atoms with E-state index in [9.17, 15) is 9.59 Å². The summed E-state index contributed by atoms with van der Waals surface area (Å²) in [6.45, 7) is 0.414. The smallest absolute Gasteiger partial charge is 0.305 e. The molecule has 3 aromatic carbocycles. The second-order valence-electron chi connectivity index (χ2n) is 6.77. The molecular formula is C24H25NO3. The van der Waals surface area contributed by atoms with Crippen LogP contribution in [0.25, 0.3) is 10.8 Å². The number of amides is 1. The lowest BCUT2D eigenvalue weighted by molar-refractivity contribution is -0.143. The van der Waals surface area contributed by atoms with Gasteiger partial charge in [-0.05, 0) is 47.7 Å². The van der Waals surface area contributed by atoms with Crippen LogP contribution in [0.5, 0.6) is 0 Å². The van der Waals surface area contributed by atoms with Gasteiger partial charge < -0.3 is 10.1 Å². The highest BCUT2D eigenvalue weighted by atomic mass is 16.5. The van der Waals surface area contributed by atoms with Crippen molar-refractivity contribution in [1.29, 1.82) is 0 Å². The molecule has 0 saturated carbocycles. The fraction of sp³-hybridized carbons (Fsp3) is 0.250. The van der Waals surface area contributed by atoms with E-state index in [1.54, 1.807) is 0 Å². The van der Waals surface area contributed by atoms with E-state index in [-0.39, 0.29) is 18.3 Å². The summed E-state index contributed by atoms with van der Waals surface area (Å²) in [7, 11) is 0. The Balaban J connectivity index is 1.31. The molecule has 0 bridgehead atoms. The third-order valence-corrected chi connectivity index (χ3v) is 4.53. The normalized spacial score (nSPS) is 10.6. The minimum atomic E-state index is -0.244. The second kappa shape index (κ2) is 10.3. The topological polar surface area (TPSA) is 55.4 Å². The van der Waals surface area contributed by atoms with Crippen LogP contribution in [0.1, 0.15) is 31.2 Å². The van der Waals surface area contributed by atoms with Crippen molar-refractivity contribution >= 4 is 28.3 Å². The maximum atomic E-state index is 12.1. The zero-order valence-corrected chi connectivity index (χ0v) is 15.9. The Morgan fingerprint density at radius 1 is 0.786 bits per heavy atom. The van der Waals surface area contributed by atoms with Crippen LogP contribution in [-0.4, -0.2) is 18.5 Å². The SMILES string of the molecule is O=C(CCCC(=O)OCCCc1ccccc1)Nc1ccc2ccccc2c1. The average molecular weight is 375 g/mol. The number of rotatable bonds is 9. The molecule has 3 rings (SSSR count). The van der Waals surface area contributed by atoms with E-state index in [1.807, 2.05) is 60.7 Å². The molecular weight excluding hydrogens is 350 g/mol. The van der Waals surface area contributed by atoms with Crippen molar-refractivity contribution in [2.75, 3.05) is 11.9 Å². The molecule has 1 amide bonds. The molecule has 1 N–H and O–H groups in total. The van der Waals surface area contributed by atoms with Crippen LogP contribution in [0.4, 0.5) is 5.69 Å². The van der Waals surface area contributed by atoms with E-state index in [0.29, 0.717) is 19.4 Å². The average Bonchev–Trinajstić information content (AvgIpc) is 2.72. The van der Waals surface area contributed by atoms with E-state index >= 15 is 0 Å². The number of anilines is 1. The van der Waals surface area contributed by atoms with Crippen molar-refractivity contribution < 1.29 is 14.3 Å². The Labute approximate surface area is 165 Å². The molecule has 28 heavy (non-hydrogen) atoms. The summed E-state index contributed by atoms with van der Waals surface area (Å²) >= 11 is 0. The summed E-state index contributed by atoms with van der Waals surface area (Å²) in [6.07, 6.45) is 2.74. The number of fused-ring (bicyclic) bond motifs is 1. The molecule has 0 aliphatic heterocycles. The molecule has 0 radical (unpaired) electrons. The van der Waals surface area contributed by atoms with Gasteiger partial charge in [-0.15, -0.1) is 0 Å². The van der Waals surface area contributed by atoms with E-state index < -0.39 is 0 Å². The molecule has 0 aliphatic rings. The van der Waals surface area contributed by atoms with Crippen molar-refractivity contribution in [3.8, 4) is 0 Å². The molecule has 0 unspecified atom stereocenters. The predicted molar refractivity (Wildman–Crippen MR) is 112 cm³/mol. The Morgan fingerprint density at radius 3 is 2.36 bits per heavy atom. The Morgan fingerprint density at radius 2 is 1.54 bits per heavy atom. The maximum Gasteiger partial charge on any atom is 0.305 e. The van der Waals surface area contributed by atoms with E-state index in [2.05, 4.69) is 17.4 Å². The van der Waals surface area contributed by atoms with Crippen molar-refractivity contribution in [1.82, 2.24) is 0 Å². The summed E-state index contributed by atoms with van der Waals surface area (Å²) < 4.78 is 5.24. The van der Waals surface area contributed by atoms with Crippen LogP contribution in [0.3, 0.4) is 0 Å². The number of hydrogen-bond acceptors (Lipinski definition) is 3. The Kier molecular flexibility index (Phi) is 7.19. The molecule has 0 saturated heterocycles. The number of hydrogen-bond donors (Lipinski definition) is 1. The molecule has 0 heterocycles. The van der Waals surface area contributed by atoms with Gasteiger partial charge in [0.15, 0.2) is 0 Å². The minimum Gasteiger partial charge on any atom is -0.466 e. The number of benzene rings is 3. The monoisotopic (exact) mass is 375 g/mol. The van der Waals surface area contributed by atoms with Crippen LogP contribution in [-0.2, 0) is 20.7 Å². The second-order valence-corrected chi connectivity index (χ2v) is 6.77. The molecule has 0 atom stereocenters. The van der Waals surface area contributed by atoms with Crippen molar-refractivity contribution in [2.45, 2.75) is 32.1 Å². The van der Waals surface area contributed by atoms with E-state index in [4.69, 9.17) is 4.74 Å². The lowest BCUT2D eigenvalue weighted by atomic mass is 10.1.